The average molecular weight is 354 g/mol. The van der Waals surface area contributed by atoms with Gasteiger partial charge in [-0.05, 0) is 35.6 Å². The highest BCUT2D eigenvalue weighted by Gasteiger charge is 2.24. The third-order valence-corrected chi connectivity index (χ3v) is 4.15. The Hall–Kier alpha value is -2.82. The number of methoxy groups -OCH3 is 1. The molecule has 138 valence electrons. The third kappa shape index (κ3) is 5.34. The fraction of sp³-hybridized carbons (Fsp3) is 0.333. The van der Waals surface area contributed by atoms with Gasteiger partial charge in [0.1, 0.15) is 6.04 Å². The van der Waals surface area contributed by atoms with Gasteiger partial charge >= 0.3 is 6.09 Å². The van der Waals surface area contributed by atoms with E-state index in [1.807, 2.05) is 32.0 Å². The Bertz CT molecular complexity index is 771. The molecule has 0 aliphatic rings. The lowest BCUT2D eigenvalue weighted by molar-refractivity contribution is -0.124. The molecule has 1 atom stereocenters. The summed E-state index contributed by atoms with van der Waals surface area (Å²) < 4.78 is 4.59. The second kappa shape index (κ2) is 9.04. The van der Waals surface area contributed by atoms with Crippen LogP contribution in [0.15, 0.2) is 48.5 Å². The van der Waals surface area contributed by atoms with Gasteiger partial charge in [-0.1, -0.05) is 61.9 Å². The number of rotatable bonds is 6. The summed E-state index contributed by atoms with van der Waals surface area (Å²) in [7, 11) is 1.28. The number of carbonyl (C=O) groups is 2. The molecular weight excluding hydrogens is 328 g/mol. The molecule has 5 heteroatoms. The molecule has 0 bridgehead atoms. The molecule has 0 radical (unpaired) electrons. The van der Waals surface area contributed by atoms with Gasteiger partial charge in [0.15, 0.2) is 0 Å². The standard InChI is InChI=1S/C21H26N2O3/c1-14(2)19(23-21(25)26-4)20(24)22-13-16-8-6-10-18(12-16)17-9-5-7-15(3)11-17/h5-12,14,19H,13H2,1-4H3,(H,22,24)(H,23,25). The molecule has 2 aromatic rings. The lowest BCUT2D eigenvalue weighted by atomic mass is 10.0. The molecule has 0 saturated heterocycles. The molecule has 0 spiro atoms. The van der Waals surface area contributed by atoms with E-state index >= 15 is 0 Å². The van der Waals surface area contributed by atoms with E-state index in [1.54, 1.807) is 0 Å². The fourth-order valence-electron chi connectivity index (χ4n) is 2.71. The Morgan fingerprint density at radius 1 is 1.04 bits per heavy atom. The molecular formula is C21H26N2O3. The normalized spacial score (nSPS) is 11.7. The minimum atomic E-state index is -0.637. The lowest BCUT2D eigenvalue weighted by Crippen LogP contribution is -2.49. The first kappa shape index (κ1) is 19.5. The zero-order chi connectivity index (χ0) is 19.1. The number of aryl methyl sites for hydroxylation is 1. The molecule has 0 aliphatic carbocycles. The minimum absolute atomic E-state index is 0.0484. The number of benzene rings is 2. The van der Waals surface area contributed by atoms with Crippen LogP contribution in [0.3, 0.4) is 0 Å². The second-order valence-corrected chi connectivity index (χ2v) is 6.65. The number of amides is 2. The Kier molecular flexibility index (Phi) is 6.78. The van der Waals surface area contributed by atoms with Gasteiger partial charge < -0.3 is 15.4 Å². The largest absolute Gasteiger partial charge is 0.453 e. The van der Waals surface area contributed by atoms with Crippen LogP contribution in [0.4, 0.5) is 4.79 Å². The van der Waals surface area contributed by atoms with Crippen molar-refractivity contribution in [1.29, 1.82) is 0 Å². The summed E-state index contributed by atoms with van der Waals surface area (Å²) in [6, 6.07) is 15.7. The molecule has 0 aromatic heterocycles. The van der Waals surface area contributed by atoms with Crippen LogP contribution in [-0.4, -0.2) is 25.2 Å². The predicted molar refractivity (Wildman–Crippen MR) is 103 cm³/mol. The molecule has 2 N–H and O–H groups in total. The molecule has 2 amide bonds. The highest BCUT2D eigenvalue weighted by Crippen LogP contribution is 2.21. The lowest BCUT2D eigenvalue weighted by Gasteiger charge is -2.21. The smallest absolute Gasteiger partial charge is 0.407 e. The van der Waals surface area contributed by atoms with Gasteiger partial charge in [0.2, 0.25) is 5.91 Å². The van der Waals surface area contributed by atoms with Crippen molar-refractivity contribution >= 4 is 12.0 Å². The summed E-state index contributed by atoms with van der Waals surface area (Å²) in [4.78, 5) is 23.8. The van der Waals surface area contributed by atoms with Gasteiger partial charge in [0, 0.05) is 6.54 Å². The fourth-order valence-corrected chi connectivity index (χ4v) is 2.71. The highest BCUT2D eigenvalue weighted by atomic mass is 16.5. The Labute approximate surface area is 154 Å². The van der Waals surface area contributed by atoms with Gasteiger partial charge in [-0.25, -0.2) is 4.79 Å². The summed E-state index contributed by atoms with van der Waals surface area (Å²) in [6.07, 6.45) is -0.611. The van der Waals surface area contributed by atoms with E-state index < -0.39 is 12.1 Å². The molecule has 0 fully saturated rings. The zero-order valence-electron chi connectivity index (χ0n) is 15.7. The van der Waals surface area contributed by atoms with E-state index in [4.69, 9.17) is 0 Å². The first-order valence-corrected chi connectivity index (χ1v) is 8.69. The summed E-state index contributed by atoms with van der Waals surface area (Å²) in [5.41, 5.74) is 4.45. The van der Waals surface area contributed by atoms with Crippen LogP contribution < -0.4 is 10.6 Å². The first-order chi connectivity index (χ1) is 12.4. The molecule has 0 heterocycles. The predicted octanol–water partition coefficient (Wildman–Crippen LogP) is 3.66. The maximum atomic E-state index is 12.4. The SMILES string of the molecule is COC(=O)NC(C(=O)NCc1cccc(-c2cccc(C)c2)c1)C(C)C. The van der Waals surface area contributed by atoms with Crippen LogP contribution in [0, 0.1) is 12.8 Å². The van der Waals surface area contributed by atoms with Crippen molar-refractivity contribution in [3.63, 3.8) is 0 Å². The van der Waals surface area contributed by atoms with E-state index in [9.17, 15) is 9.59 Å². The quantitative estimate of drug-likeness (QED) is 0.832. The van der Waals surface area contributed by atoms with Gasteiger partial charge in [0.05, 0.1) is 7.11 Å². The van der Waals surface area contributed by atoms with Crippen molar-refractivity contribution < 1.29 is 14.3 Å². The van der Waals surface area contributed by atoms with E-state index in [2.05, 4.69) is 52.6 Å². The number of ether oxygens (including phenoxy) is 1. The van der Waals surface area contributed by atoms with E-state index in [1.165, 1.54) is 12.7 Å². The molecule has 1 unspecified atom stereocenters. The van der Waals surface area contributed by atoms with E-state index in [0.717, 1.165) is 16.7 Å². The molecule has 2 rings (SSSR count). The van der Waals surface area contributed by atoms with Gasteiger partial charge in [-0.15, -0.1) is 0 Å². The van der Waals surface area contributed by atoms with Gasteiger partial charge in [-0.3, -0.25) is 4.79 Å². The maximum Gasteiger partial charge on any atom is 0.407 e. The molecule has 2 aromatic carbocycles. The van der Waals surface area contributed by atoms with E-state index in [0.29, 0.717) is 6.54 Å². The first-order valence-electron chi connectivity index (χ1n) is 8.69. The van der Waals surface area contributed by atoms with Crippen molar-refractivity contribution in [3.05, 3.63) is 59.7 Å². The van der Waals surface area contributed by atoms with Gasteiger partial charge in [-0.2, -0.15) is 0 Å². The minimum Gasteiger partial charge on any atom is -0.453 e. The second-order valence-electron chi connectivity index (χ2n) is 6.65. The average Bonchev–Trinajstić information content (AvgIpc) is 2.64. The monoisotopic (exact) mass is 354 g/mol. The van der Waals surface area contributed by atoms with Gasteiger partial charge in [0.25, 0.3) is 0 Å². The Morgan fingerprint density at radius 2 is 1.69 bits per heavy atom. The highest BCUT2D eigenvalue weighted by molar-refractivity contribution is 5.85. The molecule has 0 saturated carbocycles. The van der Waals surface area contributed by atoms with Crippen molar-refractivity contribution in [2.75, 3.05) is 7.11 Å². The molecule has 26 heavy (non-hydrogen) atoms. The number of hydrogen-bond acceptors (Lipinski definition) is 3. The van der Waals surface area contributed by atoms with Crippen molar-refractivity contribution in [3.8, 4) is 11.1 Å². The third-order valence-electron chi connectivity index (χ3n) is 4.15. The van der Waals surface area contributed by atoms with Crippen LogP contribution in [0.5, 0.6) is 0 Å². The summed E-state index contributed by atoms with van der Waals surface area (Å²) in [5.74, 6) is -0.279. The van der Waals surface area contributed by atoms with Crippen LogP contribution in [-0.2, 0) is 16.1 Å². The summed E-state index contributed by atoms with van der Waals surface area (Å²) in [5, 5.41) is 5.46. The van der Waals surface area contributed by atoms with Crippen molar-refractivity contribution in [2.45, 2.75) is 33.4 Å². The van der Waals surface area contributed by atoms with Crippen molar-refractivity contribution in [1.82, 2.24) is 10.6 Å². The Balaban J connectivity index is 2.05. The number of carbonyl (C=O) groups excluding carboxylic acids is 2. The van der Waals surface area contributed by atoms with Crippen LogP contribution >= 0.6 is 0 Å². The van der Waals surface area contributed by atoms with Crippen LogP contribution in [0.1, 0.15) is 25.0 Å². The topological polar surface area (TPSA) is 67.4 Å². The summed E-state index contributed by atoms with van der Waals surface area (Å²) in [6.45, 7) is 6.20. The van der Waals surface area contributed by atoms with Crippen molar-refractivity contribution in [2.24, 2.45) is 5.92 Å². The number of hydrogen-bond donors (Lipinski definition) is 2. The Morgan fingerprint density at radius 3 is 2.31 bits per heavy atom. The van der Waals surface area contributed by atoms with E-state index in [-0.39, 0.29) is 11.8 Å². The van der Waals surface area contributed by atoms with Crippen LogP contribution in [0.25, 0.3) is 11.1 Å². The number of nitrogens with one attached hydrogen (secondary N) is 2. The zero-order valence-corrected chi connectivity index (χ0v) is 15.7. The number of alkyl carbamates (subject to hydrolysis) is 1. The molecule has 5 nitrogen and oxygen atoms in total. The molecule has 0 aliphatic heterocycles. The maximum absolute atomic E-state index is 12.4. The van der Waals surface area contributed by atoms with Crippen LogP contribution in [0.2, 0.25) is 0 Å². The summed E-state index contributed by atoms with van der Waals surface area (Å²) >= 11 is 0.